The van der Waals surface area contributed by atoms with Crippen LogP contribution in [0.4, 0.5) is 0 Å². The average Bonchev–Trinajstić information content (AvgIpc) is 0.918. The molecule has 16 N–H and O–H groups in total. The zero-order valence-corrected chi connectivity index (χ0v) is 6.68. The molecule has 0 spiro atoms. The maximum atomic E-state index is 4.26. The molecule has 88 valence electrons. The fourth-order valence-corrected chi connectivity index (χ4v) is 0. The first-order chi connectivity index (χ1) is 1.41. The van der Waals surface area contributed by atoms with Crippen molar-refractivity contribution in [2.24, 2.45) is 0 Å². The van der Waals surface area contributed by atoms with Crippen molar-refractivity contribution in [1.29, 1.82) is 0 Å². The van der Waals surface area contributed by atoms with Crippen molar-refractivity contribution in [2.75, 3.05) is 0 Å². The lowest BCUT2D eigenvalue weighted by molar-refractivity contribution is 0.697. The zero-order chi connectivity index (χ0) is 2.71. The van der Waals surface area contributed by atoms with Crippen LogP contribution < -0.4 is 0 Å². The number of halogens is 2. The van der Waals surface area contributed by atoms with Crippen LogP contribution in [0.1, 0.15) is 0 Å². The minimum atomic E-state index is 0. The molecule has 0 aliphatic carbocycles. The highest BCUT2D eigenvalue weighted by molar-refractivity contribution is 6.24. The fraction of sp³-hybridized carbons (Fsp3) is 0. The molecular formula is H18Cl2MgO9. The van der Waals surface area contributed by atoms with Crippen LogP contribution in [0.25, 0.3) is 0 Å². The van der Waals surface area contributed by atoms with Crippen LogP contribution in [0, 0.1) is 0 Å². The van der Waals surface area contributed by atoms with E-state index in [9.17, 15) is 0 Å². The standard InChI is InChI=1S/Cl2O.Mg.8H2O.2H/c1-3-2;;;;;;;;;;;/h;;8*1H2;;. The molecule has 0 bridgehead atoms. The second kappa shape index (κ2) is 367. The van der Waals surface area contributed by atoms with Crippen molar-refractivity contribution < 1.29 is 47.7 Å². The molecule has 0 radical (unpaired) electrons. The molecule has 0 saturated heterocycles. The monoisotopic (exact) mass is 256 g/mol. The number of hydrogen-bond donors (Lipinski definition) is 0. The Labute approximate surface area is 94.6 Å². The highest BCUT2D eigenvalue weighted by atomic mass is 35.6. The van der Waals surface area contributed by atoms with E-state index < -0.39 is 0 Å². The van der Waals surface area contributed by atoms with Gasteiger partial charge in [-0.25, -0.2) is 0 Å². The van der Waals surface area contributed by atoms with Crippen molar-refractivity contribution in [1.82, 2.24) is 0 Å². The van der Waals surface area contributed by atoms with Gasteiger partial charge in [0.15, 0.2) is 0 Å². The first-order valence-corrected chi connectivity index (χ1v) is 0.926. The third-order valence-corrected chi connectivity index (χ3v) is 0. The topological polar surface area (TPSA) is 261 Å². The lowest BCUT2D eigenvalue weighted by Gasteiger charge is -1.46. The minimum Gasteiger partial charge on any atom is -0.412 e. The largest absolute Gasteiger partial charge is 0.412 e. The van der Waals surface area contributed by atoms with Gasteiger partial charge in [0.05, 0.1) is 23.7 Å². The Morgan fingerprint density at radius 3 is 0.500 bits per heavy atom. The van der Waals surface area contributed by atoms with Gasteiger partial charge < -0.3 is 43.8 Å². The maximum Gasteiger partial charge on any atom is 0.316 e. The van der Waals surface area contributed by atoms with E-state index in [1.54, 1.807) is 0 Å². The predicted molar refractivity (Wildman–Crippen MR) is 50.2 cm³/mol. The molecule has 0 heterocycles. The lowest BCUT2D eigenvalue weighted by Crippen LogP contribution is -1.15. The van der Waals surface area contributed by atoms with Gasteiger partial charge >= 0.3 is 23.1 Å². The summed E-state index contributed by atoms with van der Waals surface area (Å²) in [5, 5.41) is 0. The summed E-state index contributed by atoms with van der Waals surface area (Å²) in [5.74, 6) is 0. The van der Waals surface area contributed by atoms with Gasteiger partial charge in [-0.1, -0.05) is 0 Å². The Bertz CT molecular complexity index is 12.5. The maximum absolute atomic E-state index is 4.26. The highest BCUT2D eigenvalue weighted by Gasteiger charge is 1.38. The summed E-state index contributed by atoms with van der Waals surface area (Å²) >= 11 is 8.53. The molecule has 0 aliphatic rings. The van der Waals surface area contributed by atoms with Crippen LogP contribution in [0.15, 0.2) is 0 Å². The van der Waals surface area contributed by atoms with Gasteiger partial charge in [-0.3, -0.25) is 0 Å². The van der Waals surface area contributed by atoms with E-state index >= 15 is 0 Å². The molecule has 0 unspecified atom stereocenters. The molecule has 0 aliphatic heterocycles. The summed E-state index contributed by atoms with van der Waals surface area (Å²) < 4.78 is 3.19. The van der Waals surface area contributed by atoms with Gasteiger partial charge in [0, 0.05) is 0 Å². The molecule has 0 aromatic rings. The van der Waals surface area contributed by atoms with E-state index in [-0.39, 0.29) is 66.9 Å². The normalized spacial score (nSPS) is 1.50. The van der Waals surface area contributed by atoms with Gasteiger partial charge in [-0.05, 0) is 0 Å². The molecule has 0 aromatic carbocycles. The van der Waals surface area contributed by atoms with Crippen molar-refractivity contribution in [3.63, 3.8) is 0 Å². The van der Waals surface area contributed by atoms with Gasteiger partial charge in [0.2, 0.25) is 0 Å². The molecule has 0 amide bonds. The number of rotatable bonds is 0. The summed E-state index contributed by atoms with van der Waals surface area (Å²) in [4.78, 5) is 0. The first-order valence-electron chi connectivity index (χ1n) is 0.309. The third-order valence-electron chi connectivity index (χ3n) is 0. The smallest absolute Gasteiger partial charge is 0.316 e. The van der Waals surface area contributed by atoms with Crippen LogP contribution in [0.2, 0.25) is 0 Å². The molecular weight excluding hydrogens is 239 g/mol. The second-order valence-electron chi connectivity index (χ2n) is 0.0583. The lowest BCUT2D eigenvalue weighted by atomic mass is 15.9. The minimum absolute atomic E-state index is 0. The van der Waals surface area contributed by atoms with Crippen molar-refractivity contribution >= 4 is 46.8 Å². The summed E-state index contributed by atoms with van der Waals surface area (Å²) in [6, 6.07) is 0. The Balaban J connectivity index is -0.000000000556. The third kappa shape index (κ3) is 1130. The second-order valence-corrected chi connectivity index (χ2v) is 0.525. The summed E-state index contributed by atoms with van der Waals surface area (Å²) in [6.07, 6.45) is 0. The van der Waals surface area contributed by atoms with Gasteiger partial charge in [-0.2, -0.15) is 3.84 Å². The van der Waals surface area contributed by atoms with Crippen LogP contribution in [-0.2, 0) is 3.84 Å². The molecule has 9 nitrogen and oxygen atoms in total. The summed E-state index contributed by atoms with van der Waals surface area (Å²) in [7, 11) is 0. The quantitative estimate of drug-likeness (QED) is 0.376. The van der Waals surface area contributed by atoms with E-state index in [1.165, 1.54) is 0 Å². The van der Waals surface area contributed by atoms with Gasteiger partial charge in [-0.15, -0.1) is 0 Å². The number of hydrogen-bond acceptors (Lipinski definition) is 1. The average molecular weight is 257 g/mol. The van der Waals surface area contributed by atoms with E-state index in [4.69, 9.17) is 0 Å². The van der Waals surface area contributed by atoms with Crippen LogP contribution in [0.5, 0.6) is 0 Å². The Morgan fingerprint density at radius 2 is 0.500 bits per heavy atom. The fourth-order valence-electron chi connectivity index (χ4n) is 0. The van der Waals surface area contributed by atoms with Gasteiger partial charge in [0.25, 0.3) is 0 Å². The van der Waals surface area contributed by atoms with Crippen molar-refractivity contribution in [3.05, 3.63) is 0 Å². The zero-order valence-electron chi connectivity index (χ0n) is 5.16. The van der Waals surface area contributed by atoms with Crippen LogP contribution in [-0.4, -0.2) is 66.9 Å². The first kappa shape index (κ1) is 209. The highest BCUT2D eigenvalue weighted by Crippen LogP contribution is 1.78. The SMILES string of the molecule is ClOCl.O.O.O.O.O.O.O.O.[MgH2]. The van der Waals surface area contributed by atoms with E-state index in [2.05, 4.69) is 27.6 Å². The molecule has 0 atom stereocenters. The van der Waals surface area contributed by atoms with Crippen LogP contribution in [0.3, 0.4) is 0 Å². The molecule has 0 rings (SSSR count). The summed E-state index contributed by atoms with van der Waals surface area (Å²) in [5.41, 5.74) is 0. The Kier molecular flexibility index (Phi) is 6390. The Hall–Kier alpha value is 0.986. The Morgan fingerprint density at radius 1 is 0.500 bits per heavy atom. The van der Waals surface area contributed by atoms with Crippen molar-refractivity contribution in [2.45, 2.75) is 0 Å². The molecule has 0 saturated carbocycles. The van der Waals surface area contributed by atoms with Gasteiger partial charge in [0.1, 0.15) is 0 Å². The molecule has 12 heteroatoms. The predicted octanol–water partition coefficient (Wildman–Crippen LogP) is -6.20. The van der Waals surface area contributed by atoms with E-state index in [1.807, 2.05) is 0 Å². The van der Waals surface area contributed by atoms with E-state index in [0.717, 1.165) is 0 Å². The molecule has 12 heavy (non-hydrogen) atoms. The van der Waals surface area contributed by atoms with Crippen molar-refractivity contribution in [3.8, 4) is 0 Å². The van der Waals surface area contributed by atoms with E-state index in [0.29, 0.717) is 0 Å². The molecule has 0 fully saturated rings. The summed E-state index contributed by atoms with van der Waals surface area (Å²) in [6.45, 7) is 0. The molecule has 0 aromatic heterocycles. The van der Waals surface area contributed by atoms with Crippen LogP contribution >= 0.6 is 23.7 Å².